The molecule has 100 valence electrons. The van der Waals surface area contributed by atoms with Crippen LogP contribution >= 0.6 is 0 Å². The number of aromatic amines is 1. The standard InChI is InChI=1S/C13H16N4O2/c1-8(2)12(18)15-13-14-11(16-17-13)9-4-6-10(19-3)7-5-9/h4-8H,1-3H3,(H2,14,15,16,17,18). The van der Waals surface area contributed by atoms with Gasteiger partial charge in [0.15, 0.2) is 5.82 Å². The fourth-order valence-electron chi connectivity index (χ4n) is 1.45. The normalized spacial score (nSPS) is 10.5. The number of rotatable bonds is 4. The van der Waals surface area contributed by atoms with Crippen molar-refractivity contribution < 1.29 is 9.53 Å². The molecule has 0 aliphatic heterocycles. The number of methoxy groups -OCH3 is 1. The highest BCUT2D eigenvalue weighted by Gasteiger charge is 2.11. The Morgan fingerprint density at radius 2 is 2.00 bits per heavy atom. The third-order valence-electron chi connectivity index (χ3n) is 2.61. The van der Waals surface area contributed by atoms with Crippen molar-refractivity contribution in [2.24, 2.45) is 5.92 Å². The van der Waals surface area contributed by atoms with Crippen LogP contribution < -0.4 is 10.1 Å². The Balaban J connectivity index is 2.13. The van der Waals surface area contributed by atoms with Crippen LogP contribution in [0.3, 0.4) is 0 Å². The van der Waals surface area contributed by atoms with Crippen LogP contribution in [0.25, 0.3) is 11.4 Å². The van der Waals surface area contributed by atoms with Gasteiger partial charge in [0.25, 0.3) is 0 Å². The number of benzene rings is 1. The summed E-state index contributed by atoms with van der Waals surface area (Å²) in [6, 6.07) is 7.41. The van der Waals surface area contributed by atoms with Gasteiger partial charge >= 0.3 is 0 Å². The van der Waals surface area contributed by atoms with E-state index in [1.165, 1.54) is 0 Å². The third-order valence-corrected chi connectivity index (χ3v) is 2.61. The number of hydrogen-bond acceptors (Lipinski definition) is 4. The Morgan fingerprint density at radius 3 is 2.58 bits per heavy atom. The Kier molecular flexibility index (Phi) is 3.79. The lowest BCUT2D eigenvalue weighted by atomic mass is 10.2. The van der Waals surface area contributed by atoms with Gasteiger partial charge in [-0.05, 0) is 24.3 Å². The van der Waals surface area contributed by atoms with Crippen LogP contribution in [-0.4, -0.2) is 28.2 Å². The molecule has 1 heterocycles. The predicted octanol–water partition coefficient (Wildman–Crippen LogP) is 2.07. The fraction of sp³-hybridized carbons (Fsp3) is 0.308. The van der Waals surface area contributed by atoms with Crippen LogP contribution in [0.5, 0.6) is 5.75 Å². The van der Waals surface area contributed by atoms with Crippen LogP contribution in [0, 0.1) is 5.92 Å². The Labute approximate surface area is 111 Å². The first-order valence-corrected chi connectivity index (χ1v) is 5.98. The zero-order chi connectivity index (χ0) is 13.8. The van der Waals surface area contributed by atoms with E-state index in [2.05, 4.69) is 20.5 Å². The molecule has 2 aromatic rings. The maximum atomic E-state index is 11.5. The average Bonchev–Trinajstić information content (AvgIpc) is 2.87. The van der Waals surface area contributed by atoms with Crippen molar-refractivity contribution >= 4 is 11.9 Å². The Hall–Kier alpha value is -2.37. The van der Waals surface area contributed by atoms with Gasteiger partial charge in [0.05, 0.1) is 7.11 Å². The van der Waals surface area contributed by atoms with Crippen molar-refractivity contribution in [3.8, 4) is 17.1 Å². The van der Waals surface area contributed by atoms with Gasteiger partial charge in [-0.1, -0.05) is 13.8 Å². The van der Waals surface area contributed by atoms with Crippen LogP contribution in [0.4, 0.5) is 5.95 Å². The number of H-pyrrole nitrogens is 1. The lowest BCUT2D eigenvalue weighted by Gasteiger charge is -2.02. The van der Waals surface area contributed by atoms with E-state index in [0.29, 0.717) is 5.82 Å². The number of nitrogens with one attached hydrogen (secondary N) is 2. The van der Waals surface area contributed by atoms with Gasteiger partial charge < -0.3 is 4.74 Å². The van der Waals surface area contributed by atoms with Crippen molar-refractivity contribution in [1.82, 2.24) is 15.2 Å². The average molecular weight is 260 g/mol. The smallest absolute Gasteiger partial charge is 0.249 e. The molecule has 0 fully saturated rings. The van der Waals surface area contributed by atoms with Crippen molar-refractivity contribution in [3.05, 3.63) is 24.3 Å². The first-order chi connectivity index (χ1) is 9.10. The van der Waals surface area contributed by atoms with Gasteiger partial charge in [0.2, 0.25) is 11.9 Å². The minimum atomic E-state index is -0.111. The summed E-state index contributed by atoms with van der Waals surface area (Å²) in [7, 11) is 1.61. The summed E-state index contributed by atoms with van der Waals surface area (Å²) in [4.78, 5) is 15.7. The molecule has 6 heteroatoms. The predicted molar refractivity (Wildman–Crippen MR) is 71.8 cm³/mol. The topological polar surface area (TPSA) is 79.9 Å². The maximum Gasteiger partial charge on any atom is 0.249 e. The van der Waals surface area contributed by atoms with Gasteiger partial charge in [0.1, 0.15) is 5.75 Å². The van der Waals surface area contributed by atoms with Crippen LogP contribution in [-0.2, 0) is 4.79 Å². The molecule has 0 atom stereocenters. The first kappa shape index (κ1) is 13.1. The second-order valence-electron chi connectivity index (χ2n) is 4.38. The molecular formula is C13H16N4O2. The lowest BCUT2D eigenvalue weighted by Crippen LogP contribution is -2.18. The van der Waals surface area contributed by atoms with E-state index in [0.717, 1.165) is 11.3 Å². The molecule has 0 aliphatic carbocycles. The molecule has 0 unspecified atom stereocenters. The Morgan fingerprint density at radius 1 is 1.32 bits per heavy atom. The number of hydrogen-bond donors (Lipinski definition) is 2. The number of ether oxygens (including phenoxy) is 1. The third kappa shape index (κ3) is 3.09. The number of carbonyl (C=O) groups excluding carboxylic acids is 1. The van der Waals surface area contributed by atoms with E-state index < -0.39 is 0 Å². The van der Waals surface area contributed by atoms with E-state index in [4.69, 9.17) is 4.74 Å². The summed E-state index contributed by atoms with van der Waals surface area (Å²) in [5.74, 6) is 1.44. The van der Waals surface area contributed by atoms with Gasteiger partial charge in [-0.3, -0.25) is 15.2 Å². The summed E-state index contributed by atoms with van der Waals surface area (Å²) in [6.07, 6.45) is 0. The van der Waals surface area contributed by atoms with E-state index in [1.807, 2.05) is 38.1 Å². The second kappa shape index (κ2) is 5.51. The molecule has 19 heavy (non-hydrogen) atoms. The zero-order valence-corrected chi connectivity index (χ0v) is 11.1. The first-order valence-electron chi connectivity index (χ1n) is 5.98. The van der Waals surface area contributed by atoms with Gasteiger partial charge in [0, 0.05) is 11.5 Å². The minimum Gasteiger partial charge on any atom is -0.497 e. The van der Waals surface area contributed by atoms with Gasteiger partial charge in [-0.2, -0.15) is 4.98 Å². The highest BCUT2D eigenvalue weighted by atomic mass is 16.5. The summed E-state index contributed by atoms with van der Waals surface area (Å²) in [5, 5.41) is 9.38. The quantitative estimate of drug-likeness (QED) is 0.882. The molecule has 0 spiro atoms. The minimum absolute atomic E-state index is 0.108. The van der Waals surface area contributed by atoms with Crippen LogP contribution in [0.1, 0.15) is 13.8 Å². The molecule has 1 aromatic carbocycles. The van der Waals surface area contributed by atoms with Crippen molar-refractivity contribution in [1.29, 1.82) is 0 Å². The largest absolute Gasteiger partial charge is 0.497 e. The summed E-state index contributed by atoms with van der Waals surface area (Å²) < 4.78 is 5.09. The summed E-state index contributed by atoms with van der Waals surface area (Å²) >= 11 is 0. The fourth-order valence-corrected chi connectivity index (χ4v) is 1.45. The monoisotopic (exact) mass is 260 g/mol. The van der Waals surface area contributed by atoms with Crippen molar-refractivity contribution in [2.75, 3.05) is 12.4 Å². The molecular weight excluding hydrogens is 244 g/mol. The van der Waals surface area contributed by atoms with E-state index in [9.17, 15) is 4.79 Å². The van der Waals surface area contributed by atoms with Crippen molar-refractivity contribution in [2.45, 2.75) is 13.8 Å². The highest BCUT2D eigenvalue weighted by molar-refractivity contribution is 5.90. The molecule has 6 nitrogen and oxygen atoms in total. The van der Waals surface area contributed by atoms with Gasteiger partial charge in [-0.25, -0.2) is 0 Å². The zero-order valence-electron chi connectivity index (χ0n) is 11.1. The van der Waals surface area contributed by atoms with Crippen molar-refractivity contribution in [3.63, 3.8) is 0 Å². The maximum absolute atomic E-state index is 11.5. The number of carbonyl (C=O) groups is 1. The number of anilines is 1. The highest BCUT2D eigenvalue weighted by Crippen LogP contribution is 2.19. The second-order valence-corrected chi connectivity index (χ2v) is 4.38. The SMILES string of the molecule is COc1ccc(-c2nc(NC(=O)C(C)C)n[nH]2)cc1. The molecule has 0 saturated carbocycles. The summed E-state index contributed by atoms with van der Waals surface area (Å²) in [5.41, 5.74) is 0.873. The molecule has 1 aromatic heterocycles. The number of nitrogens with zero attached hydrogens (tertiary/aromatic N) is 2. The number of amides is 1. The van der Waals surface area contributed by atoms with E-state index >= 15 is 0 Å². The molecule has 0 aliphatic rings. The molecule has 2 N–H and O–H groups in total. The van der Waals surface area contributed by atoms with E-state index in [1.54, 1.807) is 7.11 Å². The summed E-state index contributed by atoms with van der Waals surface area (Å²) in [6.45, 7) is 3.62. The van der Waals surface area contributed by atoms with Crippen LogP contribution in [0.2, 0.25) is 0 Å². The number of aromatic nitrogens is 3. The van der Waals surface area contributed by atoms with E-state index in [-0.39, 0.29) is 17.8 Å². The molecule has 0 radical (unpaired) electrons. The van der Waals surface area contributed by atoms with Gasteiger partial charge in [-0.15, -0.1) is 5.10 Å². The molecule has 0 bridgehead atoms. The molecule has 2 rings (SSSR count). The lowest BCUT2D eigenvalue weighted by molar-refractivity contribution is -0.118. The Bertz CT molecular complexity index is 560. The molecule has 1 amide bonds. The molecule has 0 saturated heterocycles. The van der Waals surface area contributed by atoms with Crippen LogP contribution in [0.15, 0.2) is 24.3 Å².